The molecule has 0 saturated heterocycles. The summed E-state index contributed by atoms with van der Waals surface area (Å²) in [7, 11) is 0. The third-order valence-corrected chi connectivity index (χ3v) is 2.23. The van der Waals surface area contributed by atoms with Crippen molar-refractivity contribution in [2.75, 3.05) is 6.61 Å². The zero-order valence-corrected chi connectivity index (χ0v) is 10.1. The molecule has 4 nitrogen and oxygen atoms in total. The standard InChI is InChI=1S/C11H15F3N2O2/c1-3-18-10(17)8-4-5-9(11(12,13)14)16(8)6-7(2)15/h4-5,7H,3,6,15H2,1-2H3/t7-/m1/s1. The maximum atomic E-state index is 12.7. The summed E-state index contributed by atoms with van der Waals surface area (Å²) in [5, 5.41) is 0. The molecular formula is C11H15F3N2O2. The first-order chi connectivity index (χ1) is 8.27. The average molecular weight is 264 g/mol. The zero-order chi connectivity index (χ0) is 13.9. The lowest BCUT2D eigenvalue weighted by Crippen LogP contribution is -2.28. The predicted molar refractivity (Wildman–Crippen MR) is 59.0 cm³/mol. The second-order valence-corrected chi connectivity index (χ2v) is 3.91. The number of carbonyl (C=O) groups excluding carboxylic acids is 1. The summed E-state index contributed by atoms with van der Waals surface area (Å²) in [4.78, 5) is 11.5. The van der Waals surface area contributed by atoms with Gasteiger partial charge in [-0.25, -0.2) is 4.79 Å². The number of aromatic nitrogens is 1. The monoisotopic (exact) mass is 264 g/mol. The van der Waals surface area contributed by atoms with E-state index in [4.69, 9.17) is 10.5 Å². The van der Waals surface area contributed by atoms with Crippen LogP contribution in [0.1, 0.15) is 30.0 Å². The predicted octanol–water partition coefficient (Wildman–Crippen LogP) is 2.03. The van der Waals surface area contributed by atoms with Crippen molar-refractivity contribution in [2.45, 2.75) is 32.6 Å². The van der Waals surface area contributed by atoms with E-state index >= 15 is 0 Å². The number of hydrogen-bond donors (Lipinski definition) is 1. The number of ether oxygens (including phenoxy) is 1. The van der Waals surface area contributed by atoms with Crippen LogP contribution in [0.4, 0.5) is 13.2 Å². The largest absolute Gasteiger partial charge is 0.461 e. The first-order valence-electron chi connectivity index (χ1n) is 5.46. The molecule has 0 radical (unpaired) electrons. The summed E-state index contributed by atoms with van der Waals surface area (Å²) in [6.45, 7) is 3.15. The molecule has 2 N–H and O–H groups in total. The van der Waals surface area contributed by atoms with Gasteiger partial charge in [0.05, 0.1) is 6.61 Å². The molecule has 0 aliphatic carbocycles. The Morgan fingerprint density at radius 1 is 1.50 bits per heavy atom. The fourth-order valence-electron chi connectivity index (χ4n) is 1.58. The first kappa shape index (κ1) is 14.6. The van der Waals surface area contributed by atoms with Crippen LogP contribution in [0.3, 0.4) is 0 Å². The quantitative estimate of drug-likeness (QED) is 0.846. The minimum Gasteiger partial charge on any atom is -0.461 e. The van der Waals surface area contributed by atoms with E-state index in [1.54, 1.807) is 13.8 Å². The molecule has 0 bridgehead atoms. The lowest BCUT2D eigenvalue weighted by Gasteiger charge is -2.16. The van der Waals surface area contributed by atoms with Crippen molar-refractivity contribution in [1.82, 2.24) is 4.57 Å². The second-order valence-electron chi connectivity index (χ2n) is 3.91. The highest BCUT2D eigenvalue weighted by atomic mass is 19.4. The number of nitrogens with zero attached hydrogens (tertiary/aromatic N) is 1. The van der Waals surface area contributed by atoms with Crippen LogP contribution in [0.25, 0.3) is 0 Å². The van der Waals surface area contributed by atoms with Crippen LogP contribution in [0, 0.1) is 0 Å². The highest BCUT2D eigenvalue weighted by Crippen LogP contribution is 2.31. The molecule has 0 aromatic carbocycles. The third kappa shape index (κ3) is 3.25. The van der Waals surface area contributed by atoms with E-state index < -0.39 is 23.9 Å². The topological polar surface area (TPSA) is 57.2 Å². The van der Waals surface area contributed by atoms with Gasteiger partial charge in [0.2, 0.25) is 0 Å². The molecule has 0 fully saturated rings. The van der Waals surface area contributed by atoms with Crippen molar-refractivity contribution in [1.29, 1.82) is 0 Å². The SMILES string of the molecule is CCOC(=O)c1ccc(C(F)(F)F)n1C[C@@H](C)N. The summed E-state index contributed by atoms with van der Waals surface area (Å²) in [5.74, 6) is -0.784. The van der Waals surface area contributed by atoms with Gasteiger partial charge in [0.15, 0.2) is 0 Å². The molecule has 0 aliphatic rings. The van der Waals surface area contributed by atoms with Crippen molar-refractivity contribution in [3.63, 3.8) is 0 Å². The molecule has 1 rings (SSSR count). The van der Waals surface area contributed by atoms with Gasteiger partial charge < -0.3 is 15.0 Å². The number of esters is 1. The van der Waals surface area contributed by atoms with Crippen LogP contribution in [0.15, 0.2) is 12.1 Å². The molecular weight excluding hydrogens is 249 g/mol. The van der Waals surface area contributed by atoms with Crippen LogP contribution in [0.2, 0.25) is 0 Å². The fourth-order valence-corrected chi connectivity index (χ4v) is 1.58. The molecule has 0 saturated carbocycles. The molecule has 1 heterocycles. The van der Waals surface area contributed by atoms with Gasteiger partial charge in [-0.1, -0.05) is 0 Å². The van der Waals surface area contributed by atoms with Crippen molar-refractivity contribution in [2.24, 2.45) is 5.73 Å². The van der Waals surface area contributed by atoms with Crippen molar-refractivity contribution >= 4 is 5.97 Å². The van der Waals surface area contributed by atoms with E-state index in [9.17, 15) is 18.0 Å². The summed E-state index contributed by atoms with van der Waals surface area (Å²) in [5.41, 5.74) is 4.46. The maximum Gasteiger partial charge on any atom is 0.431 e. The molecule has 0 amide bonds. The Morgan fingerprint density at radius 2 is 2.11 bits per heavy atom. The maximum absolute atomic E-state index is 12.7. The Balaban J connectivity index is 3.19. The summed E-state index contributed by atoms with van der Waals surface area (Å²) in [6, 6.07) is 1.45. The molecule has 1 aromatic heterocycles. The third-order valence-electron chi connectivity index (χ3n) is 2.23. The van der Waals surface area contributed by atoms with Crippen molar-refractivity contribution < 1.29 is 22.7 Å². The summed E-state index contributed by atoms with van der Waals surface area (Å²) in [6.07, 6.45) is -4.53. The Kier molecular flexibility index (Phi) is 4.39. The average Bonchev–Trinajstić information content (AvgIpc) is 2.60. The molecule has 7 heteroatoms. The Morgan fingerprint density at radius 3 is 2.56 bits per heavy atom. The number of alkyl halides is 3. The van der Waals surface area contributed by atoms with Crippen LogP contribution in [0.5, 0.6) is 0 Å². The molecule has 1 aromatic rings. The minimum absolute atomic E-state index is 0.101. The van der Waals surface area contributed by atoms with E-state index in [0.29, 0.717) is 0 Å². The summed E-state index contributed by atoms with van der Waals surface area (Å²) >= 11 is 0. The van der Waals surface area contributed by atoms with Gasteiger partial charge in [0.25, 0.3) is 0 Å². The Labute approximate surface area is 103 Å². The van der Waals surface area contributed by atoms with E-state index in [1.807, 2.05) is 0 Å². The highest BCUT2D eigenvalue weighted by molar-refractivity contribution is 5.88. The van der Waals surface area contributed by atoms with Gasteiger partial charge in [0.1, 0.15) is 11.4 Å². The van der Waals surface area contributed by atoms with Gasteiger partial charge in [-0.05, 0) is 26.0 Å². The molecule has 1 atom stereocenters. The van der Waals surface area contributed by atoms with Gasteiger partial charge >= 0.3 is 12.1 Å². The van der Waals surface area contributed by atoms with E-state index in [-0.39, 0.29) is 18.8 Å². The lowest BCUT2D eigenvalue weighted by atomic mass is 10.3. The summed E-state index contributed by atoms with van der Waals surface area (Å²) < 4.78 is 43.8. The lowest BCUT2D eigenvalue weighted by molar-refractivity contribution is -0.143. The normalized spacial score (nSPS) is 13.4. The zero-order valence-electron chi connectivity index (χ0n) is 10.1. The van der Waals surface area contributed by atoms with E-state index in [0.717, 1.165) is 16.7 Å². The number of rotatable bonds is 4. The Hall–Kier alpha value is -1.50. The number of hydrogen-bond acceptors (Lipinski definition) is 3. The van der Waals surface area contributed by atoms with Crippen molar-refractivity contribution in [3.8, 4) is 0 Å². The molecule has 0 spiro atoms. The number of nitrogens with two attached hydrogens (primary N) is 1. The van der Waals surface area contributed by atoms with E-state index in [1.165, 1.54) is 0 Å². The van der Waals surface area contributed by atoms with Crippen molar-refractivity contribution in [3.05, 3.63) is 23.5 Å². The smallest absolute Gasteiger partial charge is 0.431 e. The van der Waals surface area contributed by atoms with Gasteiger partial charge in [-0.3, -0.25) is 0 Å². The number of halogens is 3. The minimum atomic E-state index is -4.53. The molecule has 18 heavy (non-hydrogen) atoms. The first-order valence-corrected chi connectivity index (χ1v) is 5.46. The molecule has 0 unspecified atom stereocenters. The molecule has 102 valence electrons. The van der Waals surface area contributed by atoms with Gasteiger partial charge in [-0.15, -0.1) is 0 Å². The highest BCUT2D eigenvalue weighted by Gasteiger charge is 2.36. The van der Waals surface area contributed by atoms with Gasteiger partial charge in [-0.2, -0.15) is 13.2 Å². The second kappa shape index (κ2) is 5.43. The van der Waals surface area contributed by atoms with Gasteiger partial charge in [0, 0.05) is 12.6 Å². The van der Waals surface area contributed by atoms with Crippen LogP contribution in [-0.4, -0.2) is 23.2 Å². The van der Waals surface area contributed by atoms with Crippen LogP contribution in [-0.2, 0) is 17.5 Å². The fraction of sp³-hybridized carbons (Fsp3) is 0.545. The van der Waals surface area contributed by atoms with Crippen LogP contribution < -0.4 is 5.73 Å². The van der Waals surface area contributed by atoms with Crippen LogP contribution >= 0.6 is 0 Å². The Bertz CT molecular complexity index is 424. The van der Waals surface area contributed by atoms with E-state index in [2.05, 4.69) is 0 Å². The molecule has 0 aliphatic heterocycles. The number of carbonyl (C=O) groups is 1.